The highest BCUT2D eigenvalue weighted by molar-refractivity contribution is 6.00. The van der Waals surface area contributed by atoms with E-state index in [1.165, 1.54) is 0 Å². The molecule has 18 nitrogen and oxygen atoms in total. The summed E-state index contributed by atoms with van der Waals surface area (Å²) in [5, 5.41) is 24.2. The van der Waals surface area contributed by atoms with Gasteiger partial charge in [-0.15, -0.1) is 24.8 Å². The highest BCUT2D eigenvalue weighted by atomic mass is 35.5. The number of benzene rings is 1. The van der Waals surface area contributed by atoms with Gasteiger partial charge in [0.25, 0.3) is 11.8 Å². The van der Waals surface area contributed by atoms with Gasteiger partial charge in [0, 0.05) is 49.4 Å². The number of rotatable bonds is 20. The van der Waals surface area contributed by atoms with E-state index in [4.69, 9.17) is 0 Å². The van der Waals surface area contributed by atoms with Crippen LogP contribution >= 0.6 is 24.8 Å². The molecule has 1 aromatic carbocycles. The van der Waals surface area contributed by atoms with Crippen LogP contribution in [-0.2, 0) is 28.8 Å². The molecule has 2 aliphatic carbocycles. The molecule has 4 fully saturated rings. The summed E-state index contributed by atoms with van der Waals surface area (Å²) in [5.41, 5.74) is -0.669. The fourth-order valence-corrected chi connectivity index (χ4v) is 10.7. The number of carbonyl (C=O) groups excluding carboxylic acids is 8. The third kappa shape index (κ3) is 17.3. The van der Waals surface area contributed by atoms with E-state index < -0.39 is 71.0 Å². The summed E-state index contributed by atoms with van der Waals surface area (Å²) in [6.45, 7) is 15.9. The third-order valence-electron chi connectivity index (χ3n) is 15.6. The van der Waals surface area contributed by atoms with Gasteiger partial charge in [0.1, 0.15) is 24.2 Å². The Bertz CT molecular complexity index is 1930. The molecule has 0 aromatic heterocycles. The van der Waals surface area contributed by atoms with Crippen LogP contribution in [0.1, 0.15) is 166 Å². The normalized spacial score (nSPS) is 21.0. The van der Waals surface area contributed by atoms with Crippen LogP contribution in [0.25, 0.3) is 0 Å². The van der Waals surface area contributed by atoms with Crippen molar-refractivity contribution in [1.29, 1.82) is 0 Å². The number of likely N-dealkylation sites (tertiary alicyclic amines) is 2. The number of amides is 8. The standard InChI is InChI=1S/C54H88N10O8.2ClH/c1-33(55-9)45(65)61-43(53(3,4)5)51(71)63-28-18-26-41(63)49(69)59-39(35-20-13-11-14-21-35)31-57-47(67)37-24-17-25-38(30-37)48(68)58-32-40(36-22-15-12-16-23-36)60-50(70)42-27-19-29-64(42)52(72)44(54(6,7)8)62-46(66)34(2)56-10;;/h17,24-25,30,33-36,39-44,55-56H,11-16,18-23,26-29,31-32H2,1-10H3,(H,57,67)(H,58,68)(H,59,69)(H,60,70)(H,61,65)(H,62,66);2*1H/t33-,34-,39+,40+,41-,42?,43+,44+;;/m0../s1. The first-order valence-corrected chi connectivity index (χ1v) is 26.9. The molecule has 2 aliphatic heterocycles. The van der Waals surface area contributed by atoms with Crippen LogP contribution in [0.15, 0.2) is 24.3 Å². The zero-order valence-electron chi connectivity index (χ0n) is 45.8. The molecular formula is C54H90Cl2N10O8. The summed E-state index contributed by atoms with van der Waals surface area (Å²) in [5.74, 6) is -2.31. The van der Waals surface area contributed by atoms with Crippen LogP contribution in [0.4, 0.5) is 0 Å². The number of nitrogens with one attached hydrogen (secondary N) is 8. The fourth-order valence-electron chi connectivity index (χ4n) is 10.7. The molecule has 74 heavy (non-hydrogen) atoms. The molecule has 0 bridgehead atoms. The zero-order valence-corrected chi connectivity index (χ0v) is 47.4. The monoisotopic (exact) mass is 1080 g/mol. The average Bonchev–Trinajstić information content (AvgIpc) is 4.08. The lowest BCUT2D eigenvalue weighted by Gasteiger charge is -2.37. The molecule has 1 unspecified atom stereocenters. The van der Waals surface area contributed by atoms with E-state index in [9.17, 15) is 38.4 Å². The second kappa shape index (κ2) is 29.1. The van der Waals surface area contributed by atoms with Gasteiger partial charge in [0.15, 0.2) is 0 Å². The van der Waals surface area contributed by atoms with E-state index in [0.717, 1.165) is 64.2 Å². The van der Waals surface area contributed by atoms with Gasteiger partial charge in [-0.2, -0.15) is 0 Å². The molecule has 0 spiro atoms. The lowest BCUT2D eigenvalue weighted by atomic mass is 9.83. The smallest absolute Gasteiger partial charge is 0.251 e. The Morgan fingerprint density at radius 1 is 0.527 bits per heavy atom. The molecule has 0 radical (unpaired) electrons. The van der Waals surface area contributed by atoms with Gasteiger partial charge in [-0.3, -0.25) is 38.4 Å². The second-order valence-electron chi connectivity index (χ2n) is 23.0. The van der Waals surface area contributed by atoms with Crippen LogP contribution in [0, 0.1) is 22.7 Å². The van der Waals surface area contributed by atoms with Crippen LogP contribution in [0.5, 0.6) is 0 Å². The molecule has 2 heterocycles. The van der Waals surface area contributed by atoms with Crippen molar-refractivity contribution in [3.05, 3.63) is 35.4 Å². The van der Waals surface area contributed by atoms with Crippen molar-refractivity contribution >= 4 is 72.1 Å². The van der Waals surface area contributed by atoms with Gasteiger partial charge in [-0.1, -0.05) is 86.1 Å². The van der Waals surface area contributed by atoms with Crippen LogP contribution in [0.2, 0.25) is 0 Å². The topological polar surface area (TPSA) is 239 Å². The Kier molecular flexibility index (Phi) is 25.1. The molecule has 4 aliphatic rings. The number of likely N-dealkylation sites (N-methyl/N-ethyl adjacent to an activating group) is 2. The van der Waals surface area contributed by atoms with Crippen LogP contribution in [0.3, 0.4) is 0 Å². The minimum atomic E-state index is -0.839. The van der Waals surface area contributed by atoms with Crippen molar-refractivity contribution in [1.82, 2.24) is 52.3 Å². The summed E-state index contributed by atoms with van der Waals surface area (Å²) in [4.78, 5) is 113. The highest BCUT2D eigenvalue weighted by Gasteiger charge is 2.45. The Balaban J connectivity index is 0.00000722. The number of hydrogen-bond acceptors (Lipinski definition) is 10. The van der Waals surface area contributed by atoms with Crippen molar-refractivity contribution in [2.45, 2.75) is 194 Å². The first-order valence-electron chi connectivity index (χ1n) is 26.9. The maximum absolute atomic E-state index is 14.2. The summed E-state index contributed by atoms with van der Waals surface area (Å²) in [6, 6.07) is 1.57. The Morgan fingerprint density at radius 3 is 1.20 bits per heavy atom. The Hall–Kier alpha value is -4.52. The zero-order chi connectivity index (χ0) is 52.9. The maximum atomic E-state index is 14.2. The van der Waals surface area contributed by atoms with Gasteiger partial charge >= 0.3 is 0 Å². The van der Waals surface area contributed by atoms with Gasteiger partial charge in [0.2, 0.25) is 35.4 Å². The lowest BCUT2D eigenvalue weighted by molar-refractivity contribution is -0.144. The second-order valence-corrected chi connectivity index (χ2v) is 23.0. The molecule has 2 saturated heterocycles. The van der Waals surface area contributed by atoms with E-state index in [1.54, 1.807) is 62.0 Å². The largest absolute Gasteiger partial charge is 0.350 e. The minimum absolute atomic E-state index is 0. The van der Waals surface area contributed by atoms with Crippen molar-refractivity contribution in [3.8, 4) is 0 Å². The number of carbonyl (C=O) groups is 8. The predicted octanol–water partition coefficient (Wildman–Crippen LogP) is 4.38. The van der Waals surface area contributed by atoms with Crippen molar-refractivity contribution in [2.24, 2.45) is 22.7 Å². The minimum Gasteiger partial charge on any atom is -0.350 e. The summed E-state index contributed by atoms with van der Waals surface area (Å²) >= 11 is 0. The third-order valence-corrected chi connectivity index (χ3v) is 15.6. The molecule has 2 saturated carbocycles. The number of hydrogen-bond donors (Lipinski definition) is 8. The van der Waals surface area contributed by atoms with E-state index in [0.29, 0.717) is 38.8 Å². The molecular weight excluding hydrogens is 988 g/mol. The van der Waals surface area contributed by atoms with Gasteiger partial charge in [-0.25, -0.2) is 0 Å². The lowest BCUT2D eigenvalue weighted by Crippen LogP contribution is -2.60. The predicted molar refractivity (Wildman–Crippen MR) is 292 cm³/mol. The molecule has 5 rings (SSSR count). The molecule has 8 N–H and O–H groups in total. The van der Waals surface area contributed by atoms with E-state index in [2.05, 4.69) is 42.5 Å². The molecule has 418 valence electrons. The number of halogens is 2. The first kappa shape index (κ1) is 63.8. The van der Waals surface area contributed by atoms with E-state index in [-0.39, 0.29) is 96.3 Å². The average molecular weight is 1080 g/mol. The van der Waals surface area contributed by atoms with Gasteiger partial charge < -0.3 is 52.3 Å². The van der Waals surface area contributed by atoms with Gasteiger partial charge in [0.05, 0.1) is 12.1 Å². The van der Waals surface area contributed by atoms with Crippen LogP contribution < -0.4 is 42.5 Å². The summed E-state index contributed by atoms with van der Waals surface area (Å²) in [6.07, 6.45) is 12.0. The summed E-state index contributed by atoms with van der Waals surface area (Å²) in [7, 11) is 3.36. The van der Waals surface area contributed by atoms with Crippen LogP contribution in [-0.4, -0.2) is 146 Å². The SMILES string of the molecule is CN[C@@H](C)C(=O)N[C@H](C(=O)N1CCCC1C(=O)N[C@H](CNC(=O)c1cccc(C(=O)NC[C@@H](NC(=O)[C@@H]2CCCN2C(=O)[C@@H](NC(=O)[C@H](C)NC)C(C)(C)C)C2CCCCC2)c1)C1CCCCC1)C(C)(C)C.Cl.Cl. The van der Waals surface area contributed by atoms with Crippen molar-refractivity contribution in [2.75, 3.05) is 40.3 Å². The molecule has 1 aromatic rings. The quantitative estimate of drug-likeness (QED) is 0.0918. The number of nitrogens with zero attached hydrogens (tertiary/aromatic N) is 2. The van der Waals surface area contributed by atoms with E-state index in [1.807, 2.05) is 41.5 Å². The molecule has 8 amide bonds. The molecule has 20 heteroatoms. The van der Waals surface area contributed by atoms with Crippen molar-refractivity contribution in [3.63, 3.8) is 0 Å². The summed E-state index contributed by atoms with van der Waals surface area (Å²) < 4.78 is 0. The maximum Gasteiger partial charge on any atom is 0.251 e. The Morgan fingerprint density at radius 2 is 0.878 bits per heavy atom. The van der Waals surface area contributed by atoms with Gasteiger partial charge in [-0.05, 0) is 120 Å². The van der Waals surface area contributed by atoms with Crippen molar-refractivity contribution < 1.29 is 38.4 Å². The highest BCUT2D eigenvalue weighted by Crippen LogP contribution is 2.31. The Labute approximate surface area is 452 Å². The molecule has 8 atom stereocenters. The fraction of sp³-hybridized carbons (Fsp3) is 0.741. The van der Waals surface area contributed by atoms with E-state index >= 15 is 0 Å². The first-order chi connectivity index (χ1) is 34.0.